The molecule has 0 amide bonds. The lowest BCUT2D eigenvalue weighted by atomic mass is 10.2. The van der Waals surface area contributed by atoms with Crippen molar-refractivity contribution in [1.82, 2.24) is 4.90 Å². The Morgan fingerprint density at radius 1 is 1.30 bits per heavy atom. The van der Waals surface area contributed by atoms with Gasteiger partial charge in [0.15, 0.2) is 6.19 Å². The number of rotatable bonds is 4. The third-order valence-electron chi connectivity index (χ3n) is 1.20. The summed E-state index contributed by atoms with van der Waals surface area (Å²) in [7, 11) is 1.74. The van der Waals surface area contributed by atoms with Gasteiger partial charge in [0, 0.05) is 20.0 Å². The SMILES string of the molecule is CN(C#N)CCCCC#N. The summed E-state index contributed by atoms with van der Waals surface area (Å²) in [4.78, 5) is 1.57. The van der Waals surface area contributed by atoms with Gasteiger partial charge in [0.25, 0.3) is 0 Å². The van der Waals surface area contributed by atoms with Gasteiger partial charge in [-0.1, -0.05) is 0 Å². The van der Waals surface area contributed by atoms with Gasteiger partial charge in [0.05, 0.1) is 6.07 Å². The average molecular weight is 137 g/mol. The molecule has 0 aromatic heterocycles. The molecule has 0 aromatic carbocycles. The number of hydrogen-bond donors (Lipinski definition) is 0. The van der Waals surface area contributed by atoms with Crippen LogP contribution in [-0.2, 0) is 0 Å². The van der Waals surface area contributed by atoms with Crippen LogP contribution in [0, 0.1) is 22.8 Å². The summed E-state index contributed by atoms with van der Waals surface area (Å²) < 4.78 is 0. The van der Waals surface area contributed by atoms with Crippen molar-refractivity contribution in [3.8, 4) is 12.3 Å². The summed E-state index contributed by atoms with van der Waals surface area (Å²) in [5, 5.41) is 16.5. The molecule has 0 aliphatic heterocycles. The van der Waals surface area contributed by atoms with E-state index >= 15 is 0 Å². The van der Waals surface area contributed by atoms with Crippen LogP contribution in [0.1, 0.15) is 19.3 Å². The largest absolute Gasteiger partial charge is 0.314 e. The molecule has 0 aliphatic carbocycles. The highest BCUT2D eigenvalue weighted by atomic mass is 15.1. The van der Waals surface area contributed by atoms with Crippen molar-refractivity contribution in [2.24, 2.45) is 0 Å². The molecule has 3 nitrogen and oxygen atoms in total. The molecule has 0 heterocycles. The first-order chi connectivity index (χ1) is 4.81. The standard InChI is InChI=1S/C7H11N3/c1-10(7-9)6-4-2-3-5-8/h2-4,6H2,1H3. The van der Waals surface area contributed by atoms with E-state index < -0.39 is 0 Å². The van der Waals surface area contributed by atoms with Gasteiger partial charge in [-0.3, -0.25) is 0 Å². The minimum atomic E-state index is 0.596. The molecule has 10 heavy (non-hydrogen) atoms. The first-order valence-corrected chi connectivity index (χ1v) is 3.29. The van der Waals surface area contributed by atoms with Gasteiger partial charge in [-0.15, -0.1) is 0 Å². The fourth-order valence-electron chi connectivity index (χ4n) is 0.603. The van der Waals surface area contributed by atoms with E-state index in [9.17, 15) is 0 Å². The first-order valence-electron chi connectivity index (χ1n) is 3.29. The zero-order valence-corrected chi connectivity index (χ0v) is 6.17. The van der Waals surface area contributed by atoms with E-state index in [2.05, 4.69) is 6.07 Å². The molecule has 0 fully saturated rings. The van der Waals surface area contributed by atoms with E-state index in [1.165, 1.54) is 0 Å². The Balaban J connectivity index is 3.07. The smallest absolute Gasteiger partial charge is 0.179 e. The molecule has 0 aromatic rings. The summed E-state index contributed by atoms with van der Waals surface area (Å²) in [5.41, 5.74) is 0. The molecule has 0 aliphatic rings. The van der Waals surface area contributed by atoms with Crippen LogP contribution in [0.15, 0.2) is 0 Å². The first kappa shape index (κ1) is 8.78. The molecule has 0 saturated heterocycles. The molecule has 0 saturated carbocycles. The van der Waals surface area contributed by atoms with Crippen LogP contribution in [0.4, 0.5) is 0 Å². The highest BCUT2D eigenvalue weighted by Crippen LogP contribution is 1.94. The molecule has 0 atom stereocenters. The number of nitrogens with zero attached hydrogens (tertiary/aromatic N) is 3. The summed E-state index contributed by atoms with van der Waals surface area (Å²) in [5.74, 6) is 0. The highest BCUT2D eigenvalue weighted by Gasteiger charge is 1.91. The van der Waals surface area contributed by atoms with Gasteiger partial charge in [-0.25, -0.2) is 0 Å². The molecule has 0 bridgehead atoms. The van der Waals surface area contributed by atoms with E-state index in [0.29, 0.717) is 6.42 Å². The summed E-state index contributed by atoms with van der Waals surface area (Å²) in [6.45, 7) is 0.762. The Morgan fingerprint density at radius 2 is 2.00 bits per heavy atom. The molecule has 3 heteroatoms. The third-order valence-corrected chi connectivity index (χ3v) is 1.20. The van der Waals surface area contributed by atoms with Gasteiger partial charge < -0.3 is 4.90 Å². The number of hydrogen-bond acceptors (Lipinski definition) is 3. The topological polar surface area (TPSA) is 50.8 Å². The Morgan fingerprint density at radius 3 is 2.50 bits per heavy atom. The fourth-order valence-corrected chi connectivity index (χ4v) is 0.603. The van der Waals surface area contributed by atoms with Crippen molar-refractivity contribution in [1.29, 1.82) is 10.5 Å². The van der Waals surface area contributed by atoms with Crippen LogP contribution in [0.25, 0.3) is 0 Å². The van der Waals surface area contributed by atoms with E-state index in [0.717, 1.165) is 19.4 Å². The molecule has 0 N–H and O–H groups in total. The lowest BCUT2D eigenvalue weighted by Gasteiger charge is -2.05. The average Bonchev–Trinajstić information content (AvgIpc) is 1.98. The lowest BCUT2D eigenvalue weighted by molar-refractivity contribution is 0.454. The van der Waals surface area contributed by atoms with Gasteiger partial charge in [-0.2, -0.15) is 10.5 Å². The quantitative estimate of drug-likeness (QED) is 0.331. The molecular weight excluding hydrogens is 126 g/mol. The van der Waals surface area contributed by atoms with Gasteiger partial charge in [0.1, 0.15) is 0 Å². The van der Waals surface area contributed by atoms with Gasteiger partial charge in [0.2, 0.25) is 0 Å². The zero-order chi connectivity index (χ0) is 7.82. The van der Waals surface area contributed by atoms with Crippen molar-refractivity contribution in [3.05, 3.63) is 0 Å². The Kier molecular flexibility index (Phi) is 5.19. The van der Waals surface area contributed by atoms with Crippen molar-refractivity contribution >= 4 is 0 Å². The number of nitriles is 2. The lowest BCUT2D eigenvalue weighted by Crippen LogP contribution is -2.11. The van der Waals surface area contributed by atoms with Crippen LogP contribution in [0.3, 0.4) is 0 Å². The van der Waals surface area contributed by atoms with Crippen LogP contribution >= 0.6 is 0 Å². The van der Waals surface area contributed by atoms with Crippen LogP contribution in [0.2, 0.25) is 0 Å². The second kappa shape index (κ2) is 5.91. The van der Waals surface area contributed by atoms with Gasteiger partial charge in [-0.05, 0) is 12.8 Å². The molecule has 0 spiro atoms. The van der Waals surface area contributed by atoms with Crippen LogP contribution in [-0.4, -0.2) is 18.5 Å². The Hall–Kier alpha value is -1.22. The summed E-state index contributed by atoms with van der Waals surface area (Å²) >= 11 is 0. The van der Waals surface area contributed by atoms with Gasteiger partial charge >= 0.3 is 0 Å². The highest BCUT2D eigenvalue weighted by molar-refractivity contribution is 4.71. The van der Waals surface area contributed by atoms with Crippen molar-refractivity contribution in [3.63, 3.8) is 0 Å². The second-order valence-electron chi connectivity index (χ2n) is 2.14. The third kappa shape index (κ3) is 4.93. The van der Waals surface area contributed by atoms with E-state index in [1.54, 1.807) is 11.9 Å². The number of unbranched alkanes of at least 4 members (excludes halogenated alkanes) is 2. The normalized spacial score (nSPS) is 7.90. The maximum absolute atomic E-state index is 8.30. The second-order valence-corrected chi connectivity index (χ2v) is 2.14. The summed E-state index contributed by atoms with van der Waals surface area (Å²) in [6, 6.07) is 2.06. The molecule has 0 radical (unpaired) electrons. The Labute approximate surface area is 61.5 Å². The van der Waals surface area contributed by atoms with E-state index in [-0.39, 0.29) is 0 Å². The molecular formula is C7H11N3. The minimum Gasteiger partial charge on any atom is -0.314 e. The molecule has 54 valence electrons. The van der Waals surface area contributed by atoms with Crippen molar-refractivity contribution < 1.29 is 0 Å². The monoisotopic (exact) mass is 137 g/mol. The predicted molar refractivity (Wildman–Crippen MR) is 37.7 cm³/mol. The van der Waals surface area contributed by atoms with Crippen molar-refractivity contribution in [2.45, 2.75) is 19.3 Å². The Bertz CT molecular complexity index is 151. The maximum Gasteiger partial charge on any atom is 0.179 e. The van der Waals surface area contributed by atoms with E-state index in [1.807, 2.05) is 6.19 Å². The van der Waals surface area contributed by atoms with E-state index in [4.69, 9.17) is 10.5 Å². The minimum absolute atomic E-state index is 0.596. The zero-order valence-electron chi connectivity index (χ0n) is 6.17. The van der Waals surface area contributed by atoms with Crippen molar-refractivity contribution in [2.75, 3.05) is 13.6 Å². The van der Waals surface area contributed by atoms with Crippen LogP contribution < -0.4 is 0 Å². The molecule has 0 unspecified atom stereocenters. The predicted octanol–water partition coefficient (Wildman–Crippen LogP) is 1.09. The van der Waals surface area contributed by atoms with Crippen LogP contribution in [0.5, 0.6) is 0 Å². The maximum atomic E-state index is 8.30. The fraction of sp³-hybridized carbons (Fsp3) is 0.714. The molecule has 0 rings (SSSR count). The summed E-state index contributed by atoms with van der Waals surface area (Å²) in [6.07, 6.45) is 4.41.